The van der Waals surface area contributed by atoms with E-state index in [-0.39, 0.29) is 0 Å². The topological polar surface area (TPSA) is 28.2 Å². The monoisotopic (exact) mass is 287 g/mol. The molecule has 1 aromatic heterocycles. The molecule has 0 aliphatic carbocycles. The summed E-state index contributed by atoms with van der Waals surface area (Å²) in [7, 11) is 2.20. The van der Waals surface area contributed by atoms with Crippen LogP contribution in [0.4, 0.5) is 0 Å². The highest BCUT2D eigenvalue weighted by Gasteiger charge is 2.13. The molecule has 1 aromatic rings. The predicted molar refractivity (Wildman–Crippen MR) is 83.4 cm³/mol. The molecule has 0 amide bonds. The minimum absolute atomic E-state index is 0.652. The van der Waals surface area contributed by atoms with Gasteiger partial charge in [-0.3, -0.25) is 4.90 Å². The molecule has 0 radical (unpaired) electrons. The van der Waals surface area contributed by atoms with Gasteiger partial charge in [0.05, 0.1) is 5.69 Å². The molecule has 0 fully saturated rings. The SMILES string of the molecule is CCNCc1nc(CN(C)C(CC)CSC)cs1. The summed E-state index contributed by atoms with van der Waals surface area (Å²) in [6.07, 6.45) is 3.37. The molecule has 0 saturated heterocycles. The van der Waals surface area contributed by atoms with Gasteiger partial charge < -0.3 is 5.32 Å². The summed E-state index contributed by atoms with van der Waals surface area (Å²) in [5.41, 5.74) is 1.20. The molecule has 3 nitrogen and oxygen atoms in total. The Bertz CT molecular complexity index is 328. The van der Waals surface area contributed by atoms with Crippen LogP contribution in [-0.4, -0.2) is 41.5 Å². The summed E-state index contributed by atoms with van der Waals surface area (Å²) in [6, 6.07) is 0.652. The second kappa shape index (κ2) is 8.91. The minimum atomic E-state index is 0.652. The molecule has 18 heavy (non-hydrogen) atoms. The van der Waals surface area contributed by atoms with Crippen molar-refractivity contribution in [3.63, 3.8) is 0 Å². The van der Waals surface area contributed by atoms with Crippen LogP contribution in [0.1, 0.15) is 31.0 Å². The van der Waals surface area contributed by atoms with Crippen LogP contribution in [0.5, 0.6) is 0 Å². The third kappa shape index (κ3) is 5.26. The van der Waals surface area contributed by atoms with E-state index in [2.05, 4.69) is 47.7 Å². The van der Waals surface area contributed by atoms with E-state index in [1.54, 1.807) is 11.3 Å². The van der Waals surface area contributed by atoms with E-state index < -0.39 is 0 Å². The summed E-state index contributed by atoms with van der Waals surface area (Å²) in [5, 5.41) is 6.70. The first-order valence-corrected chi connectivity index (χ1v) is 8.81. The fraction of sp³-hybridized carbons (Fsp3) is 0.769. The predicted octanol–water partition coefficient (Wildman–Crippen LogP) is 2.83. The van der Waals surface area contributed by atoms with Crippen LogP contribution in [0.15, 0.2) is 5.38 Å². The van der Waals surface area contributed by atoms with Crippen molar-refractivity contribution in [1.29, 1.82) is 0 Å². The van der Waals surface area contributed by atoms with Gasteiger partial charge in [-0.05, 0) is 26.3 Å². The maximum absolute atomic E-state index is 4.67. The van der Waals surface area contributed by atoms with Gasteiger partial charge in [0.15, 0.2) is 0 Å². The summed E-state index contributed by atoms with van der Waals surface area (Å²) in [5.74, 6) is 1.20. The van der Waals surface area contributed by atoms with Crippen LogP contribution in [0, 0.1) is 0 Å². The lowest BCUT2D eigenvalue weighted by atomic mass is 10.2. The van der Waals surface area contributed by atoms with E-state index in [1.165, 1.54) is 22.9 Å². The fourth-order valence-electron chi connectivity index (χ4n) is 1.87. The quantitative estimate of drug-likeness (QED) is 0.756. The lowest BCUT2D eigenvalue weighted by Crippen LogP contribution is -2.32. The Morgan fingerprint density at radius 1 is 1.50 bits per heavy atom. The highest BCUT2D eigenvalue weighted by Crippen LogP contribution is 2.15. The molecule has 1 N–H and O–H groups in total. The lowest BCUT2D eigenvalue weighted by molar-refractivity contribution is 0.245. The molecule has 0 aliphatic heterocycles. The Labute approximate surface area is 119 Å². The fourth-order valence-corrected chi connectivity index (χ4v) is 3.50. The molecule has 104 valence electrons. The third-order valence-electron chi connectivity index (χ3n) is 2.99. The Balaban J connectivity index is 2.47. The molecule has 1 heterocycles. The molecule has 1 unspecified atom stereocenters. The Morgan fingerprint density at radius 3 is 2.89 bits per heavy atom. The molecule has 0 saturated carbocycles. The molecule has 1 rings (SSSR count). The third-order valence-corrected chi connectivity index (χ3v) is 4.61. The van der Waals surface area contributed by atoms with E-state index in [1.807, 2.05) is 11.8 Å². The van der Waals surface area contributed by atoms with Gasteiger partial charge in [-0.25, -0.2) is 4.98 Å². The summed E-state index contributed by atoms with van der Waals surface area (Å²) < 4.78 is 0. The average Bonchev–Trinajstić information content (AvgIpc) is 2.80. The highest BCUT2D eigenvalue weighted by molar-refractivity contribution is 7.98. The van der Waals surface area contributed by atoms with Crippen LogP contribution in [0.3, 0.4) is 0 Å². The van der Waals surface area contributed by atoms with Gasteiger partial charge in [-0.2, -0.15) is 11.8 Å². The zero-order chi connectivity index (χ0) is 13.4. The van der Waals surface area contributed by atoms with Crippen molar-refractivity contribution in [3.8, 4) is 0 Å². The normalized spacial score (nSPS) is 13.2. The van der Waals surface area contributed by atoms with Crippen molar-refractivity contribution >= 4 is 23.1 Å². The van der Waals surface area contributed by atoms with Gasteiger partial charge in [0.1, 0.15) is 5.01 Å². The van der Waals surface area contributed by atoms with Gasteiger partial charge in [0.2, 0.25) is 0 Å². The molecular formula is C13H25N3S2. The van der Waals surface area contributed by atoms with E-state index in [9.17, 15) is 0 Å². The van der Waals surface area contributed by atoms with Gasteiger partial charge in [0.25, 0.3) is 0 Å². The van der Waals surface area contributed by atoms with Crippen molar-refractivity contribution in [2.45, 2.75) is 39.4 Å². The van der Waals surface area contributed by atoms with E-state index in [4.69, 9.17) is 0 Å². The number of rotatable bonds is 9. The van der Waals surface area contributed by atoms with Crippen molar-refractivity contribution in [3.05, 3.63) is 16.1 Å². The first-order chi connectivity index (χ1) is 8.71. The minimum Gasteiger partial charge on any atom is -0.311 e. The second-order valence-corrected chi connectivity index (χ2v) is 6.30. The maximum Gasteiger partial charge on any atom is 0.107 e. The largest absolute Gasteiger partial charge is 0.311 e. The molecule has 5 heteroatoms. The van der Waals surface area contributed by atoms with E-state index in [0.29, 0.717) is 6.04 Å². The number of hydrogen-bond donors (Lipinski definition) is 1. The maximum atomic E-state index is 4.67. The first-order valence-electron chi connectivity index (χ1n) is 6.54. The molecular weight excluding hydrogens is 262 g/mol. The number of nitrogens with one attached hydrogen (secondary N) is 1. The lowest BCUT2D eigenvalue weighted by Gasteiger charge is -2.25. The number of thioether (sulfide) groups is 1. The van der Waals surface area contributed by atoms with Crippen molar-refractivity contribution in [2.24, 2.45) is 0 Å². The molecule has 0 aliphatic rings. The average molecular weight is 287 g/mol. The number of thiazole rings is 1. The van der Waals surface area contributed by atoms with Crippen molar-refractivity contribution in [1.82, 2.24) is 15.2 Å². The van der Waals surface area contributed by atoms with Crippen LogP contribution >= 0.6 is 23.1 Å². The molecule has 0 spiro atoms. The standard InChI is InChI=1S/C13H25N3S2/c1-5-12(10-17-4)16(3)8-11-9-18-13(15-11)7-14-6-2/h9,12,14H,5-8,10H2,1-4H3. The number of nitrogens with zero attached hydrogens (tertiary/aromatic N) is 2. The molecule has 1 atom stereocenters. The zero-order valence-corrected chi connectivity index (χ0v) is 13.5. The van der Waals surface area contributed by atoms with E-state index >= 15 is 0 Å². The van der Waals surface area contributed by atoms with Gasteiger partial charge in [-0.1, -0.05) is 13.8 Å². The Hall–Kier alpha value is -0.100. The van der Waals surface area contributed by atoms with Crippen LogP contribution in [0.25, 0.3) is 0 Å². The molecule has 0 bridgehead atoms. The highest BCUT2D eigenvalue weighted by atomic mass is 32.2. The van der Waals surface area contributed by atoms with Crippen LogP contribution in [0.2, 0.25) is 0 Å². The summed E-state index contributed by atoms with van der Waals surface area (Å²) in [6.45, 7) is 7.24. The second-order valence-electron chi connectivity index (χ2n) is 4.45. The number of hydrogen-bond acceptors (Lipinski definition) is 5. The van der Waals surface area contributed by atoms with Crippen LogP contribution in [-0.2, 0) is 13.1 Å². The molecule has 0 aromatic carbocycles. The summed E-state index contributed by atoms with van der Waals surface area (Å²) >= 11 is 3.68. The number of aromatic nitrogens is 1. The smallest absolute Gasteiger partial charge is 0.107 e. The van der Waals surface area contributed by atoms with Crippen molar-refractivity contribution < 1.29 is 0 Å². The first kappa shape index (κ1) is 16.0. The van der Waals surface area contributed by atoms with E-state index in [0.717, 1.165) is 19.6 Å². The van der Waals surface area contributed by atoms with Crippen LogP contribution < -0.4 is 5.32 Å². The summed E-state index contributed by atoms with van der Waals surface area (Å²) in [4.78, 5) is 7.09. The Kier molecular flexibility index (Phi) is 7.90. The van der Waals surface area contributed by atoms with Crippen molar-refractivity contribution in [2.75, 3.05) is 25.6 Å². The Morgan fingerprint density at radius 2 is 2.28 bits per heavy atom. The van der Waals surface area contributed by atoms with Gasteiger partial charge >= 0.3 is 0 Å². The van der Waals surface area contributed by atoms with Gasteiger partial charge in [0, 0.05) is 30.3 Å². The zero-order valence-electron chi connectivity index (χ0n) is 11.9. The van der Waals surface area contributed by atoms with Gasteiger partial charge in [-0.15, -0.1) is 11.3 Å².